The van der Waals surface area contributed by atoms with Crippen molar-refractivity contribution in [3.05, 3.63) is 96.1 Å². The average Bonchev–Trinajstić information content (AvgIpc) is 2.69. The van der Waals surface area contributed by atoms with Crippen molar-refractivity contribution in [3.63, 3.8) is 0 Å². The molecule has 3 aromatic rings. The smallest absolute Gasteiger partial charge is 0.127 e. The lowest BCUT2D eigenvalue weighted by Gasteiger charge is -2.34. The molecule has 26 heavy (non-hydrogen) atoms. The third-order valence-electron chi connectivity index (χ3n) is 4.68. The maximum Gasteiger partial charge on any atom is 0.127 e. The van der Waals surface area contributed by atoms with Gasteiger partial charge in [0.2, 0.25) is 0 Å². The number of para-hydroxylation sites is 1. The highest BCUT2D eigenvalue weighted by atomic mass is 16.5. The minimum absolute atomic E-state index is 0.0938. The minimum Gasteiger partial charge on any atom is -0.457 e. The highest BCUT2D eigenvalue weighted by molar-refractivity contribution is 5.35. The van der Waals surface area contributed by atoms with E-state index in [4.69, 9.17) is 9.47 Å². The molecule has 1 N–H and O–H groups in total. The van der Waals surface area contributed by atoms with Gasteiger partial charge in [-0.3, -0.25) is 0 Å². The van der Waals surface area contributed by atoms with Gasteiger partial charge in [-0.15, -0.1) is 0 Å². The van der Waals surface area contributed by atoms with Crippen LogP contribution in [0.4, 0.5) is 0 Å². The van der Waals surface area contributed by atoms with Crippen molar-refractivity contribution in [2.45, 2.75) is 31.2 Å². The second-order valence-electron chi connectivity index (χ2n) is 6.64. The van der Waals surface area contributed by atoms with Crippen LogP contribution < -0.4 is 4.74 Å². The lowest BCUT2D eigenvalue weighted by molar-refractivity contribution is -0.0998. The molecule has 1 aliphatic heterocycles. The molecular weight excluding hydrogens is 324 g/mol. The SMILES string of the molecule is O[C@H]1C[C@@H](c2cccc(Oc3ccccc3)c2)O[C@@H](c2ccccc2)C1. The maximum atomic E-state index is 10.4. The van der Waals surface area contributed by atoms with Crippen LogP contribution in [0.25, 0.3) is 0 Å². The van der Waals surface area contributed by atoms with E-state index in [-0.39, 0.29) is 18.3 Å². The lowest BCUT2D eigenvalue weighted by atomic mass is 9.93. The Balaban J connectivity index is 1.53. The summed E-state index contributed by atoms with van der Waals surface area (Å²) < 4.78 is 12.2. The van der Waals surface area contributed by atoms with Gasteiger partial charge in [0.05, 0.1) is 18.3 Å². The van der Waals surface area contributed by atoms with Crippen molar-refractivity contribution >= 4 is 0 Å². The summed E-state index contributed by atoms with van der Waals surface area (Å²) in [6.07, 6.45) is 0.600. The zero-order chi connectivity index (χ0) is 17.8. The van der Waals surface area contributed by atoms with E-state index < -0.39 is 0 Å². The number of hydrogen-bond acceptors (Lipinski definition) is 3. The molecule has 0 bridgehead atoms. The van der Waals surface area contributed by atoms with Crippen molar-refractivity contribution in [1.82, 2.24) is 0 Å². The quantitative estimate of drug-likeness (QED) is 0.684. The molecule has 0 amide bonds. The van der Waals surface area contributed by atoms with E-state index in [1.165, 1.54) is 0 Å². The number of hydrogen-bond donors (Lipinski definition) is 1. The van der Waals surface area contributed by atoms with Crippen molar-refractivity contribution in [3.8, 4) is 11.5 Å². The fourth-order valence-electron chi connectivity index (χ4n) is 3.40. The van der Waals surface area contributed by atoms with Crippen molar-refractivity contribution < 1.29 is 14.6 Å². The highest BCUT2D eigenvalue weighted by Crippen LogP contribution is 2.39. The van der Waals surface area contributed by atoms with Gasteiger partial charge in [-0.05, 0) is 35.4 Å². The molecule has 0 radical (unpaired) electrons. The second kappa shape index (κ2) is 7.73. The summed E-state index contributed by atoms with van der Waals surface area (Å²) in [5, 5.41) is 10.4. The Bertz CT molecular complexity index is 832. The topological polar surface area (TPSA) is 38.7 Å². The molecule has 0 unspecified atom stereocenters. The van der Waals surface area contributed by atoms with Gasteiger partial charge in [-0.2, -0.15) is 0 Å². The van der Waals surface area contributed by atoms with Crippen LogP contribution in [0.5, 0.6) is 11.5 Å². The summed E-state index contributed by atoms with van der Waals surface area (Å²) in [4.78, 5) is 0. The van der Waals surface area contributed by atoms with Crippen LogP contribution in [0, 0.1) is 0 Å². The molecule has 1 aliphatic rings. The zero-order valence-electron chi connectivity index (χ0n) is 14.5. The standard InChI is InChI=1S/C23H22O3/c24-19-15-22(17-8-3-1-4-9-17)26-23(16-19)18-10-7-13-21(14-18)25-20-11-5-2-6-12-20/h1-14,19,22-24H,15-16H2/t19-,22-,23+/m1/s1. The summed E-state index contributed by atoms with van der Waals surface area (Å²) in [7, 11) is 0. The Hall–Kier alpha value is -2.62. The lowest BCUT2D eigenvalue weighted by Crippen LogP contribution is -2.26. The van der Waals surface area contributed by atoms with Gasteiger partial charge >= 0.3 is 0 Å². The second-order valence-corrected chi connectivity index (χ2v) is 6.64. The molecule has 3 atom stereocenters. The largest absolute Gasteiger partial charge is 0.457 e. The first-order valence-corrected chi connectivity index (χ1v) is 8.99. The normalized spacial score (nSPS) is 22.7. The molecule has 0 saturated carbocycles. The highest BCUT2D eigenvalue weighted by Gasteiger charge is 2.30. The average molecular weight is 346 g/mol. The first-order valence-electron chi connectivity index (χ1n) is 8.99. The summed E-state index contributed by atoms with van der Waals surface area (Å²) in [6, 6.07) is 27.7. The third kappa shape index (κ3) is 3.96. The van der Waals surface area contributed by atoms with E-state index in [2.05, 4.69) is 12.1 Å². The number of aliphatic hydroxyl groups is 1. The Morgan fingerprint density at radius 2 is 1.27 bits per heavy atom. The first kappa shape index (κ1) is 16.8. The molecule has 132 valence electrons. The van der Waals surface area contributed by atoms with Crippen LogP contribution in [0.15, 0.2) is 84.9 Å². The predicted molar refractivity (Wildman–Crippen MR) is 101 cm³/mol. The molecule has 1 heterocycles. The number of benzene rings is 3. The van der Waals surface area contributed by atoms with Gasteiger partial charge in [0.15, 0.2) is 0 Å². The van der Waals surface area contributed by atoms with Gasteiger partial charge in [0.1, 0.15) is 11.5 Å². The van der Waals surface area contributed by atoms with E-state index in [1.54, 1.807) is 0 Å². The van der Waals surface area contributed by atoms with Gasteiger partial charge in [-0.25, -0.2) is 0 Å². The predicted octanol–water partition coefficient (Wildman–Crippen LogP) is 5.43. The molecule has 3 aromatic carbocycles. The Kier molecular flexibility index (Phi) is 5.00. The molecule has 3 nitrogen and oxygen atoms in total. The first-order chi connectivity index (χ1) is 12.8. The number of aliphatic hydroxyl groups excluding tert-OH is 1. The molecule has 0 spiro atoms. The van der Waals surface area contributed by atoms with Gasteiger partial charge < -0.3 is 14.6 Å². The van der Waals surface area contributed by atoms with E-state index in [0.717, 1.165) is 22.6 Å². The van der Waals surface area contributed by atoms with Gasteiger partial charge in [0.25, 0.3) is 0 Å². The summed E-state index contributed by atoms with van der Waals surface area (Å²) >= 11 is 0. The maximum absolute atomic E-state index is 10.4. The summed E-state index contributed by atoms with van der Waals surface area (Å²) in [5.74, 6) is 1.57. The number of rotatable bonds is 4. The third-order valence-corrected chi connectivity index (χ3v) is 4.68. The van der Waals surface area contributed by atoms with Crippen LogP contribution >= 0.6 is 0 Å². The van der Waals surface area contributed by atoms with Gasteiger partial charge in [-0.1, -0.05) is 60.7 Å². The van der Waals surface area contributed by atoms with Crippen LogP contribution in [-0.4, -0.2) is 11.2 Å². The Morgan fingerprint density at radius 3 is 2.00 bits per heavy atom. The molecule has 0 aliphatic carbocycles. The van der Waals surface area contributed by atoms with Crippen LogP contribution in [0.1, 0.15) is 36.2 Å². The molecule has 4 rings (SSSR count). The van der Waals surface area contributed by atoms with Crippen molar-refractivity contribution in [2.75, 3.05) is 0 Å². The molecule has 0 aromatic heterocycles. The van der Waals surface area contributed by atoms with Gasteiger partial charge in [0, 0.05) is 12.8 Å². The molecule has 1 fully saturated rings. The van der Waals surface area contributed by atoms with Crippen molar-refractivity contribution in [1.29, 1.82) is 0 Å². The van der Waals surface area contributed by atoms with Crippen LogP contribution in [-0.2, 0) is 4.74 Å². The van der Waals surface area contributed by atoms with Crippen LogP contribution in [0.3, 0.4) is 0 Å². The molecular formula is C23H22O3. The van der Waals surface area contributed by atoms with E-state index >= 15 is 0 Å². The summed E-state index contributed by atoms with van der Waals surface area (Å²) in [6.45, 7) is 0. The van der Waals surface area contributed by atoms with E-state index in [0.29, 0.717) is 12.8 Å². The Morgan fingerprint density at radius 1 is 0.692 bits per heavy atom. The molecule has 3 heteroatoms. The van der Waals surface area contributed by atoms with Crippen LogP contribution in [0.2, 0.25) is 0 Å². The zero-order valence-corrected chi connectivity index (χ0v) is 14.5. The minimum atomic E-state index is -0.377. The number of ether oxygens (including phenoxy) is 2. The monoisotopic (exact) mass is 346 g/mol. The van der Waals surface area contributed by atoms with E-state index in [9.17, 15) is 5.11 Å². The molecule has 1 saturated heterocycles. The fraction of sp³-hybridized carbons (Fsp3) is 0.217. The Labute approximate surface area is 153 Å². The fourth-order valence-corrected chi connectivity index (χ4v) is 3.40. The summed E-state index contributed by atoms with van der Waals surface area (Å²) in [5.41, 5.74) is 2.13. The van der Waals surface area contributed by atoms with Crippen molar-refractivity contribution in [2.24, 2.45) is 0 Å². The van der Waals surface area contributed by atoms with E-state index in [1.807, 2.05) is 72.8 Å².